The lowest BCUT2D eigenvalue weighted by Gasteiger charge is -2.37. The lowest BCUT2D eigenvalue weighted by Crippen LogP contribution is -2.39. The number of rotatable bonds is 23. The van der Waals surface area contributed by atoms with Crippen molar-refractivity contribution < 1.29 is 14.6 Å². The number of aliphatic hydroxyl groups excluding tert-OH is 1. The normalized spacial score (nSPS) is 13.2. The second-order valence-electron chi connectivity index (χ2n) is 11.8. The lowest BCUT2D eigenvalue weighted by atomic mass is 9.80. The van der Waals surface area contributed by atoms with Gasteiger partial charge >= 0.3 is 0 Å². The van der Waals surface area contributed by atoms with Crippen LogP contribution in [-0.4, -0.2) is 30.5 Å². The predicted molar refractivity (Wildman–Crippen MR) is 177 cm³/mol. The van der Waals surface area contributed by atoms with Gasteiger partial charge in [0.05, 0.1) is 12.7 Å². The van der Waals surface area contributed by atoms with Gasteiger partial charge in [-0.15, -0.1) is 0 Å². The quantitative estimate of drug-likeness (QED) is 0.0907. The third-order valence-electron chi connectivity index (χ3n) is 8.43. The molecule has 0 aromatic heterocycles. The molecule has 3 aromatic rings. The molecular weight excluding hydrogens is 516 g/mol. The molecule has 0 amide bonds. The Morgan fingerprint density at radius 3 is 1.29 bits per heavy atom. The molecule has 0 aliphatic carbocycles. The summed E-state index contributed by atoms with van der Waals surface area (Å²) in [5.74, 6) is 0. The van der Waals surface area contributed by atoms with E-state index < -0.39 is 11.7 Å². The number of ether oxygens (including phenoxy) is 2. The van der Waals surface area contributed by atoms with Crippen molar-refractivity contribution in [2.75, 3.05) is 13.2 Å². The molecule has 2 unspecified atom stereocenters. The largest absolute Gasteiger partial charge is 0.388 e. The highest BCUT2D eigenvalue weighted by Gasteiger charge is 2.38. The van der Waals surface area contributed by atoms with E-state index in [1.807, 2.05) is 61.5 Å². The first-order valence-corrected chi connectivity index (χ1v) is 16.8. The Kier molecular flexibility index (Phi) is 16.6. The van der Waals surface area contributed by atoms with E-state index in [4.69, 9.17) is 9.47 Å². The van der Waals surface area contributed by atoms with E-state index in [0.717, 1.165) is 23.1 Å². The monoisotopic (exact) mass is 572 g/mol. The van der Waals surface area contributed by atoms with Crippen LogP contribution in [0.15, 0.2) is 91.0 Å². The van der Waals surface area contributed by atoms with Gasteiger partial charge in [-0.25, -0.2) is 0 Å². The smallest absolute Gasteiger partial charge is 0.143 e. The van der Waals surface area contributed by atoms with E-state index in [9.17, 15) is 5.11 Å². The summed E-state index contributed by atoms with van der Waals surface area (Å²) in [5, 5.41) is 11.1. The molecule has 2 atom stereocenters. The van der Waals surface area contributed by atoms with Crippen molar-refractivity contribution in [2.45, 2.75) is 122 Å². The molecule has 0 spiro atoms. The van der Waals surface area contributed by atoms with Gasteiger partial charge in [-0.1, -0.05) is 181 Å². The highest BCUT2D eigenvalue weighted by molar-refractivity contribution is 5.47. The molecule has 0 saturated heterocycles. The van der Waals surface area contributed by atoms with Gasteiger partial charge in [0.25, 0.3) is 0 Å². The summed E-state index contributed by atoms with van der Waals surface area (Å²) in [4.78, 5) is 0. The van der Waals surface area contributed by atoms with Crippen LogP contribution < -0.4 is 0 Å². The zero-order valence-electron chi connectivity index (χ0n) is 26.4. The summed E-state index contributed by atoms with van der Waals surface area (Å²) < 4.78 is 12.8. The fraction of sp³-hybridized carbons (Fsp3) is 0.538. The Hall–Kier alpha value is -2.46. The van der Waals surface area contributed by atoms with E-state index in [1.165, 1.54) is 83.5 Å². The Labute approximate surface area is 256 Å². The van der Waals surface area contributed by atoms with Gasteiger partial charge in [0.1, 0.15) is 11.7 Å². The minimum absolute atomic E-state index is 0.165. The third kappa shape index (κ3) is 11.3. The first-order valence-electron chi connectivity index (χ1n) is 16.8. The number of hydrogen-bond donors (Lipinski definition) is 1. The van der Waals surface area contributed by atoms with Crippen LogP contribution in [0.25, 0.3) is 0 Å². The molecule has 1 N–H and O–H groups in total. The third-order valence-corrected chi connectivity index (χ3v) is 8.43. The van der Waals surface area contributed by atoms with Gasteiger partial charge in [-0.3, -0.25) is 0 Å². The molecule has 0 aliphatic heterocycles. The minimum Gasteiger partial charge on any atom is -0.388 e. The summed E-state index contributed by atoms with van der Waals surface area (Å²) in [6.07, 6.45) is 17.8. The number of aliphatic hydroxyl groups is 1. The lowest BCUT2D eigenvalue weighted by molar-refractivity contribution is -0.0933. The average Bonchev–Trinajstić information content (AvgIpc) is 3.04. The molecule has 230 valence electrons. The Morgan fingerprint density at radius 2 is 0.905 bits per heavy atom. The molecule has 0 radical (unpaired) electrons. The zero-order valence-corrected chi connectivity index (χ0v) is 26.4. The molecule has 3 nitrogen and oxygen atoms in total. The Balaban J connectivity index is 1.40. The molecule has 0 heterocycles. The molecule has 42 heavy (non-hydrogen) atoms. The van der Waals surface area contributed by atoms with E-state index in [1.54, 1.807) is 0 Å². The molecule has 3 rings (SSSR count). The van der Waals surface area contributed by atoms with E-state index in [0.29, 0.717) is 6.61 Å². The Morgan fingerprint density at radius 1 is 0.548 bits per heavy atom. The second kappa shape index (κ2) is 20.4. The van der Waals surface area contributed by atoms with Crippen LogP contribution in [0.3, 0.4) is 0 Å². The summed E-state index contributed by atoms with van der Waals surface area (Å²) in [7, 11) is 0. The van der Waals surface area contributed by atoms with Crippen LogP contribution in [0.1, 0.15) is 120 Å². The van der Waals surface area contributed by atoms with Crippen LogP contribution in [0.2, 0.25) is 0 Å². The van der Waals surface area contributed by atoms with Crippen molar-refractivity contribution in [2.24, 2.45) is 0 Å². The summed E-state index contributed by atoms with van der Waals surface area (Å²) in [6.45, 7) is 5.08. The number of benzene rings is 3. The van der Waals surface area contributed by atoms with E-state index in [-0.39, 0.29) is 12.7 Å². The summed E-state index contributed by atoms with van der Waals surface area (Å²) in [6, 6.07) is 30.9. The molecule has 0 aliphatic rings. The highest BCUT2D eigenvalue weighted by atomic mass is 16.5. The molecule has 0 fully saturated rings. The topological polar surface area (TPSA) is 38.7 Å². The van der Waals surface area contributed by atoms with Crippen molar-refractivity contribution in [3.05, 3.63) is 108 Å². The SMILES string of the molecule is CCCCCCCCCCCCCCCCOC(C)C(O)COC(c1ccccc1)(c1ccccc1)c1ccccc1. The fourth-order valence-electron chi connectivity index (χ4n) is 5.79. The van der Waals surface area contributed by atoms with E-state index >= 15 is 0 Å². The summed E-state index contributed by atoms with van der Waals surface area (Å²) in [5.41, 5.74) is 2.26. The maximum absolute atomic E-state index is 11.1. The highest BCUT2D eigenvalue weighted by Crippen LogP contribution is 2.40. The average molecular weight is 573 g/mol. The van der Waals surface area contributed by atoms with Gasteiger partial charge in [0, 0.05) is 6.61 Å². The van der Waals surface area contributed by atoms with Crippen molar-refractivity contribution in [1.82, 2.24) is 0 Å². The van der Waals surface area contributed by atoms with Crippen molar-refractivity contribution in [3.63, 3.8) is 0 Å². The van der Waals surface area contributed by atoms with Gasteiger partial charge < -0.3 is 14.6 Å². The van der Waals surface area contributed by atoms with E-state index in [2.05, 4.69) is 43.3 Å². The molecule has 3 heteroatoms. The fourth-order valence-corrected chi connectivity index (χ4v) is 5.79. The predicted octanol–water partition coefficient (Wildman–Crippen LogP) is 10.2. The molecular formula is C39H56O3. The van der Waals surface area contributed by atoms with Gasteiger partial charge in [0.2, 0.25) is 0 Å². The Bertz CT molecular complexity index is 940. The maximum Gasteiger partial charge on any atom is 0.143 e. The van der Waals surface area contributed by atoms with Crippen molar-refractivity contribution in [3.8, 4) is 0 Å². The number of hydrogen-bond acceptors (Lipinski definition) is 3. The van der Waals surface area contributed by atoms with Crippen LogP contribution >= 0.6 is 0 Å². The van der Waals surface area contributed by atoms with Crippen LogP contribution in [0.4, 0.5) is 0 Å². The van der Waals surface area contributed by atoms with Crippen LogP contribution in [-0.2, 0) is 15.1 Å². The molecule has 0 bridgehead atoms. The van der Waals surface area contributed by atoms with Gasteiger partial charge in [-0.05, 0) is 30.0 Å². The zero-order chi connectivity index (χ0) is 29.7. The standard InChI is InChI=1S/C39H56O3/c1-3-4-5-6-7-8-9-10-11-12-13-14-15-25-32-41-34(2)38(40)33-42-39(35-26-19-16-20-27-35,36-28-21-17-22-29-36)37-30-23-18-24-31-37/h16-24,26-31,34,38,40H,3-15,25,32-33H2,1-2H3. The number of unbranched alkanes of at least 4 members (excludes halogenated alkanes) is 13. The van der Waals surface area contributed by atoms with Crippen molar-refractivity contribution >= 4 is 0 Å². The maximum atomic E-state index is 11.1. The van der Waals surface area contributed by atoms with Gasteiger partial charge in [-0.2, -0.15) is 0 Å². The second-order valence-corrected chi connectivity index (χ2v) is 11.8. The summed E-state index contributed by atoms with van der Waals surface area (Å²) >= 11 is 0. The first-order chi connectivity index (χ1) is 20.7. The molecule has 0 saturated carbocycles. The minimum atomic E-state index is -0.834. The van der Waals surface area contributed by atoms with Crippen LogP contribution in [0.5, 0.6) is 0 Å². The first kappa shape index (κ1) is 34.0. The molecule has 3 aromatic carbocycles. The van der Waals surface area contributed by atoms with Crippen molar-refractivity contribution in [1.29, 1.82) is 0 Å². The van der Waals surface area contributed by atoms with Gasteiger partial charge in [0.15, 0.2) is 0 Å². The van der Waals surface area contributed by atoms with Crippen LogP contribution in [0, 0.1) is 0 Å².